The summed E-state index contributed by atoms with van der Waals surface area (Å²) in [5.41, 5.74) is 5.68. The Morgan fingerprint density at radius 1 is 1.06 bits per heavy atom. The van der Waals surface area contributed by atoms with Gasteiger partial charge in [-0.1, -0.05) is 6.07 Å². The first kappa shape index (κ1) is 21.0. The molecular formula is C25H30O5S. The van der Waals surface area contributed by atoms with Gasteiger partial charge in [0.1, 0.15) is 11.5 Å². The molecule has 1 N–H and O–H groups in total. The van der Waals surface area contributed by atoms with E-state index < -0.39 is 21.2 Å². The maximum absolute atomic E-state index is 13.0. The van der Waals surface area contributed by atoms with Crippen molar-refractivity contribution in [2.45, 2.75) is 88.2 Å². The molecule has 2 aromatic rings. The number of sulfone groups is 1. The van der Waals surface area contributed by atoms with Gasteiger partial charge in [0, 0.05) is 24.0 Å². The van der Waals surface area contributed by atoms with Crippen molar-refractivity contribution in [3.05, 3.63) is 51.3 Å². The van der Waals surface area contributed by atoms with Gasteiger partial charge < -0.3 is 9.52 Å². The van der Waals surface area contributed by atoms with Gasteiger partial charge in [0.15, 0.2) is 5.78 Å². The van der Waals surface area contributed by atoms with Crippen LogP contribution in [0.4, 0.5) is 0 Å². The maximum atomic E-state index is 13.0. The van der Waals surface area contributed by atoms with Crippen molar-refractivity contribution in [3.8, 4) is 0 Å². The van der Waals surface area contributed by atoms with E-state index in [1.807, 2.05) is 0 Å². The molecule has 6 heteroatoms. The molecule has 1 aromatic heterocycles. The van der Waals surface area contributed by atoms with E-state index in [4.69, 9.17) is 4.42 Å². The van der Waals surface area contributed by atoms with E-state index in [0.717, 1.165) is 56.9 Å². The fraction of sp³-hybridized carbons (Fsp3) is 0.560. The zero-order chi connectivity index (χ0) is 22.0. The fourth-order valence-electron chi connectivity index (χ4n) is 5.34. The summed E-state index contributed by atoms with van der Waals surface area (Å²) in [5.74, 6) is -0.134. The zero-order valence-corrected chi connectivity index (χ0v) is 19.1. The third-order valence-electron chi connectivity index (χ3n) is 6.97. The Hall–Kier alpha value is -1.92. The second-order valence-corrected chi connectivity index (χ2v) is 11.9. The maximum Gasteiger partial charge on any atom is 0.219 e. The van der Waals surface area contributed by atoms with Gasteiger partial charge in [-0.15, -0.1) is 0 Å². The number of hydrogen-bond donors (Lipinski definition) is 1. The summed E-state index contributed by atoms with van der Waals surface area (Å²) in [6, 6.07) is 3.74. The number of hydrogen-bond acceptors (Lipinski definition) is 5. The summed E-state index contributed by atoms with van der Waals surface area (Å²) >= 11 is 0. The van der Waals surface area contributed by atoms with Crippen LogP contribution in [0, 0.1) is 0 Å². The van der Waals surface area contributed by atoms with Crippen LogP contribution >= 0.6 is 0 Å². The lowest BCUT2D eigenvalue weighted by Crippen LogP contribution is -2.19. The molecule has 31 heavy (non-hydrogen) atoms. The second-order valence-electron chi connectivity index (χ2n) is 9.99. The summed E-state index contributed by atoms with van der Waals surface area (Å²) in [4.78, 5) is 13.0. The molecule has 0 bridgehead atoms. The van der Waals surface area contributed by atoms with Gasteiger partial charge in [0.2, 0.25) is 14.9 Å². The number of aliphatic hydroxyl groups is 1. The minimum atomic E-state index is -3.90. The lowest BCUT2D eigenvalue weighted by molar-refractivity contribution is -0.116. The molecule has 0 spiro atoms. The number of benzene rings is 1. The van der Waals surface area contributed by atoms with Crippen molar-refractivity contribution in [2.75, 3.05) is 5.75 Å². The Morgan fingerprint density at radius 3 is 2.23 bits per heavy atom. The highest BCUT2D eigenvalue weighted by molar-refractivity contribution is 7.92. The van der Waals surface area contributed by atoms with Gasteiger partial charge in [-0.3, -0.25) is 4.79 Å². The number of fused-ring (bicyclic) bond motifs is 2. The Morgan fingerprint density at radius 2 is 1.68 bits per heavy atom. The molecule has 166 valence electrons. The van der Waals surface area contributed by atoms with E-state index in [1.165, 1.54) is 28.3 Å². The number of carbonyl (C=O) groups is 1. The Balaban J connectivity index is 1.41. The van der Waals surface area contributed by atoms with Crippen molar-refractivity contribution in [3.63, 3.8) is 0 Å². The molecule has 0 unspecified atom stereocenters. The third-order valence-corrected chi connectivity index (χ3v) is 8.49. The molecule has 0 amide bonds. The summed E-state index contributed by atoms with van der Waals surface area (Å²) in [6.07, 6.45) is 8.32. The van der Waals surface area contributed by atoms with E-state index in [0.29, 0.717) is 11.3 Å². The lowest BCUT2D eigenvalue weighted by atomic mass is 9.91. The van der Waals surface area contributed by atoms with Gasteiger partial charge in [-0.2, -0.15) is 0 Å². The molecule has 1 heterocycles. The molecule has 1 saturated carbocycles. The Labute approximate surface area is 183 Å². The molecule has 5 rings (SSSR count). The second kappa shape index (κ2) is 7.31. The Kier molecular flexibility index (Phi) is 4.94. The average molecular weight is 443 g/mol. The highest BCUT2D eigenvalue weighted by Gasteiger charge is 2.37. The highest BCUT2D eigenvalue weighted by Crippen LogP contribution is 2.46. The summed E-state index contributed by atoms with van der Waals surface area (Å²) in [5, 5.41) is 10.3. The predicted molar refractivity (Wildman–Crippen MR) is 117 cm³/mol. The van der Waals surface area contributed by atoms with Crippen LogP contribution in [0.3, 0.4) is 0 Å². The van der Waals surface area contributed by atoms with Gasteiger partial charge >= 0.3 is 0 Å². The first-order chi connectivity index (χ1) is 14.6. The van der Waals surface area contributed by atoms with Crippen LogP contribution < -0.4 is 0 Å². The molecular weight excluding hydrogens is 412 g/mol. The van der Waals surface area contributed by atoms with Crippen molar-refractivity contribution < 1.29 is 22.7 Å². The first-order valence-corrected chi connectivity index (χ1v) is 13.0. The largest absolute Gasteiger partial charge is 0.449 e. The molecule has 1 aromatic carbocycles. The van der Waals surface area contributed by atoms with E-state index in [1.54, 1.807) is 13.8 Å². The molecule has 0 saturated heterocycles. The summed E-state index contributed by atoms with van der Waals surface area (Å²) in [7, 11) is -3.90. The molecule has 3 aliphatic carbocycles. The van der Waals surface area contributed by atoms with Crippen LogP contribution in [0.15, 0.2) is 21.6 Å². The molecule has 0 radical (unpaired) electrons. The Bertz CT molecular complexity index is 1130. The molecule has 5 nitrogen and oxygen atoms in total. The highest BCUT2D eigenvalue weighted by atomic mass is 32.2. The number of carbonyl (C=O) groups excluding carboxylic acids is 1. The topological polar surface area (TPSA) is 84.6 Å². The number of ketones is 1. The van der Waals surface area contributed by atoms with Crippen LogP contribution in [0.5, 0.6) is 0 Å². The van der Waals surface area contributed by atoms with E-state index in [2.05, 4.69) is 6.07 Å². The minimum absolute atomic E-state index is 0.163. The standard InChI is InChI=1S/C25H30O5S/c1-25(2,27)22-13-23(30-24(22)15-9-10-15)31(28,29)14-18(26)12-21-19-7-3-5-16(19)11-17-6-4-8-20(17)21/h11,13,15,27H,3-10,12,14H2,1-2H3. The summed E-state index contributed by atoms with van der Waals surface area (Å²) < 4.78 is 31.8. The smallest absolute Gasteiger partial charge is 0.219 e. The van der Waals surface area contributed by atoms with Gasteiger partial charge in [-0.05, 0) is 93.0 Å². The van der Waals surface area contributed by atoms with Crippen molar-refractivity contribution in [1.29, 1.82) is 0 Å². The van der Waals surface area contributed by atoms with Gasteiger partial charge in [0.05, 0.1) is 5.60 Å². The number of rotatable bonds is 7. The van der Waals surface area contributed by atoms with E-state index in [-0.39, 0.29) is 23.2 Å². The number of Topliss-reactive ketones (excluding diaryl/α,β-unsaturated/α-hetero) is 1. The van der Waals surface area contributed by atoms with Crippen LogP contribution in [0.1, 0.15) is 84.6 Å². The van der Waals surface area contributed by atoms with Crippen LogP contribution in [0.25, 0.3) is 0 Å². The van der Waals surface area contributed by atoms with Crippen LogP contribution in [-0.2, 0) is 52.3 Å². The minimum Gasteiger partial charge on any atom is -0.449 e. The van der Waals surface area contributed by atoms with Gasteiger partial charge in [-0.25, -0.2) is 8.42 Å². The normalized spacial score (nSPS) is 18.3. The van der Waals surface area contributed by atoms with Gasteiger partial charge in [0.25, 0.3) is 0 Å². The monoisotopic (exact) mass is 442 g/mol. The third kappa shape index (κ3) is 3.89. The molecule has 1 fully saturated rings. The van der Waals surface area contributed by atoms with Crippen LogP contribution in [0.2, 0.25) is 0 Å². The van der Waals surface area contributed by atoms with E-state index in [9.17, 15) is 18.3 Å². The zero-order valence-electron chi connectivity index (χ0n) is 18.3. The molecule has 0 atom stereocenters. The quantitative estimate of drug-likeness (QED) is 0.702. The van der Waals surface area contributed by atoms with Crippen molar-refractivity contribution in [2.24, 2.45) is 0 Å². The predicted octanol–water partition coefficient (Wildman–Crippen LogP) is 3.95. The average Bonchev–Trinajstić information content (AvgIpc) is 3.10. The first-order valence-electron chi connectivity index (χ1n) is 11.4. The lowest BCUT2D eigenvalue weighted by Gasteiger charge is -2.16. The van der Waals surface area contributed by atoms with E-state index >= 15 is 0 Å². The van der Waals surface area contributed by atoms with Crippen molar-refractivity contribution in [1.82, 2.24) is 0 Å². The number of aryl methyl sites for hydroxylation is 2. The van der Waals surface area contributed by atoms with Crippen LogP contribution in [-0.4, -0.2) is 25.1 Å². The summed E-state index contributed by atoms with van der Waals surface area (Å²) in [6.45, 7) is 3.25. The fourth-order valence-corrected chi connectivity index (χ4v) is 6.52. The SMILES string of the molecule is CC(C)(O)c1cc(S(=O)(=O)CC(=O)Cc2c3c(cc4c2CCC4)CCC3)oc1C1CC1. The number of furan rings is 1. The van der Waals surface area contributed by atoms with Crippen molar-refractivity contribution >= 4 is 15.6 Å². The molecule has 0 aliphatic heterocycles. The molecule has 3 aliphatic rings.